The maximum atomic E-state index is 13.7. The molecule has 2 aromatic heterocycles. The van der Waals surface area contributed by atoms with Crippen molar-refractivity contribution in [2.45, 2.75) is 27.7 Å². The van der Waals surface area contributed by atoms with Crippen LogP contribution in [-0.2, 0) is 24.9 Å². The number of furan rings is 1. The van der Waals surface area contributed by atoms with E-state index in [1.807, 2.05) is 76.2 Å². The van der Waals surface area contributed by atoms with Gasteiger partial charge in [0.25, 0.3) is 0 Å². The van der Waals surface area contributed by atoms with Crippen molar-refractivity contribution in [3.05, 3.63) is 90.2 Å². The largest absolute Gasteiger partial charge is 0.512 e. The molecule has 5 rings (SSSR count). The Balaban J connectivity index is 0.000000273. The van der Waals surface area contributed by atoms with Crippen LogP contribution in [0.25, 0.3) is 44.1 Å². The number of rotatable bonds is 4. The second-order valence-electron chi connectivity index (χ2n) is 9.12. The van der Waals surface area contributed by atoms with Gasteiger partial charge in [-0.2, -0.15) is 0 Å². The molecule has 0 aliphatic carbocycles. The first-order valence-electron chi connectivity index (χ1n) is 11.7. The number of fused-ring (bicyclic) bond motifs is 5. The minimum atomic E-state index is -0.769. The van der Waals surface area contributed by atoms with E-state index in [0.29, 0.717) is 16.9 Å². The Morgan fingerprint density at radius 1 is 0.973 bits per heavy atom. The van der Waals surface area contributed by atoms with Crippen LogP contribution in [0.3, 0.4) is 0 Å². The first kappa shape index (κ1) is 28.2. The van der Waals surface area contributed by atoms with Crippen molar-refractivity contribution in [3.8, 4) is 11.3 Å². The average Bonchev–Trinajstić information content (AvgIpc) is 3.23. The van der Waals surface area contributed by atoms with Crippen molar-refractivity contribution < 1.29 is 43.2 Å². The molecular weight excluding hydrogens is 653 g/mol. The van der Waals surface area contributed by atoms with E-state index >= 15 is 0 Å². The predicted molar refractivity (Wildman–Crippen MR) is 139 cm³/mol. The number of para-hydroxylation sites is 2. The summed E-state index contributed by atoms with van der Waals surface area (Å²) in [4.78, 5) is 15.6. The topological polar surface area (TPSA) is 63.3 Å². The Bertz CT molecular complexity index is 1590. The molecule has 0 bridgehead atoms. The summed E-state index contributed by atoms with van der Waals surface area (Å²) < 4.78 is 33.4. The fourth-order valence-corrected chi connectivity index (χ4v) is 3.72. The van der Waals surface area contributed by atoms with Crippen molar-refractivity contribution in [2.24, 2.45) is 11.8 Å². The summed E-state index contributed by atoms with van der Waals surface area (Å²) in [6.45, 7) is 7.32. The number of hydrogen-bond acceptors (Lipinski definition) is 4. The number of aliphatic hydroxyl groups is 1. The molecule has 7 heteroatoms. The van der Waals surface area contributed by atoms with Crippen molar-refractivity contribution in [3.63, 3.8) is 0 Å². The minimum absolute atomic E-state index is 0. The monoisotopic (exact) mass is 679 g/mol. The van der Waals surface area contributed by atoms with Gasteiger partial charge in [-0.25, -0.2) is 8.78 Å². The molecule has 0 saturated heterocycles. The van der Waals surface area contributed by atoms with Crippen LogP contribution >= 0.6 is 0 Å². The normalized spacial score (nSPS) is 11.6. The van der Waals surface area contributed by atoms with Crippen LogP contribution < -0.4 is 0 Å². The van der Waals surface area contributed by atoms with Gasteiger partial charge in [0.15, 0.2) is 5.78 Å². The number of carbonyl (C=O) groups is 1. The average molecular weight is 679 g/mol. The zero-order chi connectivity index (χ0) is 26.0. The van der Waals surface area contributed by atoms with Gasteiger partial charge < -0.3 is 9.52 Å². The van der Waals surface area contributed by atoms with Gasteiger partial charge in [-0.15, -0.1) is 17.7 Å². The summed E-state index contributed by atoms with van der Waals surface area (Å²) >= 11 is 0. The fraction of sp³-hybridized carbons (Fsp3) is 0.200. The zero-order valence-electron chi connectivity index (χ0n) is 20.8. The Morgan fingerprint density at radius 3 is 2.27 bits per heavy atom. The Labute approximate surface area is 227 Å². The molecule has 0 atom stereocenters. The summed E-state index contributed by atoms with van der Waals surface area (Å²) in [7, 11) is 0. The molecule has 37 heavy (non-hydrogen) atoms. The van der Waals surface area contributed by atoms with E-state index in [9.17, 15) is 18.7 Å². The maximum absolute atomic E-state index is 13.7. The molecule has 0 fully saturated rings. The van der Waals surface area contributed by atoms with Crippen molar-refractivity contribution in [2.75, 3.05) is 0 Å². The quantitative estimate of drug-likeness (QED) is 0.118. The first-order chi connectivity index (χ1) is 17.2. The van der Waals surface area contributed by atoms with Crippen molar-refractivity contribution in [1.82, 2.24) is 4.98 Å². The van der Waals surface area contributed by atoms with Gasteiger partial charge in [-0.1, -0.05) is 70.2 Å². The van der Waals surface area contributed by atoms with Crippen LogP contribution in [-0.4, -0.2) is 15.9 Å². The van der Waals surface area contributed by atoms with Gasteiger partial charge in [0.1, 0.15) is 11.2 Å². The molecule has 1 N–H and O–H groups in total. The van der Waals surface area contributed by atoms with Crippen molar-refractivity contribution >= 4 is 38.6 Å². The van der Waals surface area contributed by atoms with Crippen LogP contribution in [0.5, 0.6) is 0 Å². The maximum Gasteiger partial charge on any atom is 0.161 e. The molecule has 0 saturated carbocycles. The number of allylic oxidation sites excluding steroid dienone is 2. The molecule has 1 radical (unpaired) electrons. The third kappa shape index (κ3) is 6.12. The second kappa shape index (κ2) is 11.8. The van der Waals surface area contributed by atoms with E-state index in [0.717, 1.165) is 27.7 Å². The Kier molecular flexibility index (Phi) is 8.95. The number of ketones is 1. The van der Waals surface area contributed by atoms with E-state index in [2.05, 4.69) is 11.1 Å². The van der Waals surface area contributed by atoms with Gasteiger partial charge in [-0.3, -0.25) is 9.78 Å². The zero-order valence-corrected chi connectivity index (χ0v) is 23.2. The van der Waals surface area contributed by atoms with E-state index in [-0.39, 0.29) is 49.0 Å². The number of aliphatic hydroxyl groups excluding tert-OH is 1. The Hall–Kier alpha value is -3.41. The number of aromatic nitrogens is 1. The molecule has 0 unspecified atom stereocenters. The van der Waals surface area contributed by atoms with Gasteiger partial charge in [0, 0.05) is 71.5 Å². The predicted octanol–water partition coefficient (Wildman–Crippen LogP) is 8.19. The molecule has 193 valence electrons. The minimum Gasteiger partial charge on any atom is -0.512 e. The summed E-state index contributed by atoms with van der Waals surface area (Å²) in [5, 5.41) is 11.9. The third-order valence-corrected chi connectivity index (χ3v) is 5.72. The summed E-state index contributed by atoms with van der Waals surface area (Å²) in [6.07, 6.45) is 1.31. The molecule has 5 aromatic rings. The van der Waals surface area contributed by atoms with Crippen LogP contribution in [0.2, 0.25) is 0 Å². The number of hydrogen-bond donors (Lipinski definition) is 1. The van der Waals surface area contributed by atoms with Crippen LogP contribution in [0.1, 0.15) is 27.7 Å². The third-order valence-electron chi connectivity index (χ3n) is 5.72. The van der Waals surface area contributed by atoms with Gasteiger partial charge >= 0.3 is 0 Å². The summed E-state index contributed by atoms with van der Waals surface area (Å²) in [5.74, 6) is -1.28. The molecule has 4 nitrogen and oxygen atoms in total. The summed E-state index contributed by atoms with van der Waals surface area (Å²) in [5.41, 5.74) is 2.54. The molecule has 0 amide bonds. The molecule has 3 aromatic carbocycles. The molecule has 0 aliphatic heterocycles. The van der Waals surface area contributed by atoms with E-state index in [1.165, 1.54) is 12.1 Å². The van der Waals surface area contributed by atoms with Gasteiger partial charge in [-0.05, 0) is 12.1 Å². The van der Waals surface area contributed by atoms with E-state index in [1.54, 1.807) is 0 Å². The van der Waals surface area contributed by atoms with Crippen molar-refractivity contribution in [1.29, 1.82) is 0 Å². The number of nitrogens with zero attached hydrogens (tertiary/aromatic N) is 1. The molecule has 2 heterocycles. The number of benzene rings is 3. The van der Waals surface area contributed by atoms with Gasteiger partial charge in [0.05, 0.1) is 11.3 Å². The SMILES string of the molecule is CC(C)C(=O)/C=C(\O)C(C)C.Fc1[c-]c(-c2nc3ccccc3c3c2oc2ccccc23)cc(F)c1.[Ir]. The number of carbonyl (C=O) groups excluding carboxylic acids is 1. The summed E-state index contributed by atoms with van der Waals surface area (Å²) in [6, 6.07) is 19.8. The van der Waals surface area contributed by atoms with Crippen LogP contribution in [0, 0.1) is 29.5 Å². The Morgan fingerprint density at radius 2 is 1.62 bits per heavy atom. The standard InChI is InChI=1S/C21H10F2NO.C9H16O2.Ir/c22-13-9-12(10-14(23)11-13)20-21-19(15-5-1-3-7-17(15)24-20)16-6-2-4-8-18(16)25-21;1-6(2)8(10)5-9(11)7(3)4;/h1-9,11H;5-7,10H,1-4H3;/q-1;;/b;8-5-;. The fourth-order valence-electron chi connectivity index (χ4n) is 3.72. The van der Waals surface area contributed by atoms with Gasteiger partial charge in [0.2, 0.25) is 0 Å². The number of halogens is 2. The van der Waals surface area contributed by atoms with Crippen LogP contribution in [0.15, 0.2) is 76.9 Å². The first-order valence-corrected chi connectivity index (χ1v) is 11.7. The smallest absolute Gasteiger partial charge is 0.161 e. The second-order valence-corrected chi connectivity index (χ2v) is 9.12. The van der Waals surface area contributed by atoms with Crippen LogP contribution in [0.4, 0.5) is 8.78 Å². The molecular formula is C30H26F2IrNO3-. The number of pyridine rings is 1. The van der Waals surface area contributed by atoms with E-state index < -0.39 is 11.6 Å². The van der Waals surface area contributed by atoms with E-state index in [4.69, 9.17) is 4.42 Å². The molecule has 0 aliphatic rings. The molecule has 0 spiro atoms.